The van der Waals surface area contributed by atoms with Crippen LogP contribution in [0.4, 0.5) is 0 Å². The molecule has 1 aliphatic heterocycles. The van der Waals surface area contributed by atoms with E-state index in [2.05, 4.69) is 9.97 Å². The van der Waals surface area contributed by atoms with Gasteiger partial charge < -0.3 is 9.82 Å². The van der Waals surface area contributed by atoms with Gasteiger partial charge in [0.25, 0.3) is 11.8 Å². The fourth-order valence-electron chi connectivity index (χ4n) is 2.20. The molecule has 0 radical (unpaired) electrons. The van der Waals surface area contributed by atoms with Crippen LogP contribution >= 0.6 is 0 Å². The molecular formula is C15H13N3O4. The number of nitrogens with one attached hydrogen (secondary N) is 1. The number of fused-ring (bicyclic) bond motifs is 1. The van der Waals surface area contributed by atoms with Gasteiger partial charge in [-0.2, -0.15) is 0 Å². The van der Waals surface area contributed by atoms with Crippen molar-refractivity contribution >= 4 is 17.8 Å². The zero-order valence-electron chi connectivity index (χ0n) is 11.8. The first-order chi connectivity index (χ1) is 10.6. The second kappa shape index (κ2) is 5.44. The van der Waals surface area contributed by atoms with Crippen molar-refractivity contribution in [3.05, 3.63) is 53.1 Å². The molecule has 0 atom stereocenters. The normalized spacial score (nSPS) is 13.4. The summed E-state index contributed by atoms with van der Waals surface area (Å²) in [6.45, 7) is 1.95. The predicted molar refractivity (Wildman–Crippen MR) is 74.7 cm³/mol. The maximum Gasteiger partial charge on any atom is 0.340 e. The van der Waals surface area contributed by atoms with Crippen molar-refractivity contribution in [2.45, 2.75) is 19.8 Å². The first-order valence-corrected chi connectivity index (χ1v) is 6.81. The number of H-pyrrole nitrogens is 1. The molecule has 2 heterocycles. The number of imide groups is 1. The first kappa shape index (κ1) is 14.0. The Morgan fingerprint density at radius 2 is 1.86 bits per heavy atom. The Hall–Kier alpha value is -2.96. The van der Waals surface area contributed by atoms with Crippen molar-refractivity contribution in [1.82, 2.24) is 15.0 Å². The number of aryl methyl sites for hydroxylation is 1. The van der Waals surface area contributed by atoms with Gasteiger partial charge in [-0.05, 0) is 18.6 Å². The molecule has 1 aromatic heterocycles. The Morgan fingerprint density at radius 1 is 1.23 bits per heavy atom. The zero-order chi connectivity index (χ0) is 15.7. The smallest absolute Gasteiger partial charge is 0.340 e. The van der Waals surface area contributed by atoms with E-state index in [-0.39, 0.29) is 17.5 Å². The van der Waals surface area contributed by atoms with Gasteiger partial charge >= 0.3 is 5.97 Å². The van der Waals surface area contributed by atoms with Crippen LogP contribution in [-0.4, -0.2) is 32.8 Å². The molecule has 0 spiro atoms. The van der Waals surface area contributed by atoms with Crippen LogP contribution in [0.25, 0.3) is 0 Å². The van der Waals surface area contributed by atoms with Crippen LogP contribution in [0.2, 0.25) is 0 Å². The standard InChI is InChI=1S/C15H13N3O4/c1-2-9-8-16-12(17-9)7-13(19)22-18-14(20)10-5-3-4-6-11(10)15(18)21/h3-6,8H,2,7H2,1H3,(H,16,17). The number of carbonyl (C=O) groups is 3. The molecule has 112 valence electrons. The van der Waals surface area contributed by atoms with Crippen molar-refractivity contribution in [2.75, 3.05) is 0 Å². The third-order valence-electron chi connectivity index (χ3n) is 3.32. The van der Waals surface area contributed by atoms with Crippen molar-refractivity contribution in [2.24, 2.45) is 0 Å². The maximum atomic E-state index is 12.0. The Kier molecular flexibility index (Phi) is 3.46. The highest BCUT2D eigenvalue weighted by atomic mass is 16.7. The van der Waals surface area contributed by atoms with Gasteiger partial charge in [0.2, 0.25) is 0 Å². The van der Waals surface area contributed by atoms with Gasteiger partial charge in [0.15, 0.2) is 0 Å². The van der Waals surface area contributed by atoms with Crippen LogP contribution in [0.1, 0.15) is 39.2 Å². The second-order valence-corrected chi connectivity index (χ2v) is 4.80. The first-order valence-electron chi connectivity index (χ1n) is 6.81. The average Bonchev–Trinajstić information content (AvgIpc) is 3.06. The lowest BCUT2D eigenvalue weighted by molar-refractivity contribution is -0.167. The minimum absolute atomic E-state index is 0.145. The highest BCUT2D eigenvalue weighted by Crippen LogP contribution is 2.22. The number of nitrogens with zero attached hydrogens (tertiary/aromatic N) is 2. The molecule has 0 saturated carbocycles. The van der Waals surface area contributed by atoms with Crippen LogP contribution in [-0.2, 0) is 22.5 Å². The second-order valence-electron chi connectivity index (χ2n) is 4.80. The number of imidazole rings is 1. The number of rotatable bonds is 4. The molecule has 1 aliphatic rings. The van der Waals surface area contributed by atoms with Crippen molar-refractivity contribution in [3.8, 4) is 0 Å². The summed E-state index contributed by atoms with van der Waals surface area (Å²) in [5, 5.41) is 0.497. The predicted octanol–water partition coefficient (Wildman–Crippen LogP) is 1.27. The highest BCUT2D eigenvalue weighted by molar-refractivity contribution is 6.20. The molecule has 0 unspecified atom stereocenters. The number of benzene rings is 1. The van der Waals surface area contributed by atoms with Crippen molar-refractivity contribution in [3.63, 3.8) is 0 Å². The number of hydrogen-bond acceptors (Lipinski definition) is 5. The van der Waals surface area contributed by atoms with Gasteiger partial charge in [0.1, 0.15) is 12.2 Å². The van der Waals surface area contributed by atoms with Crippen LogP contribution in [0, 0.1) is 0 Å². The number of aromatic nitrogens is 2. The molecule has 7 heteroatoms. The molecular weight excluding hydrogens is 286 g/mol. The third-order valence-corrected chi connectivity index (χ3v) is 3.32. The minimum Gasteiger partial charge on any atom is -0.345 e. The number of carbonyl (C=O) groups excluding carboxylic acids is 3. The van der Waals surface area contributed by atoms with Crippen LogP contribution < -0.4 is 0 Å². The lowest BCUT2D eigenvalue weighted by Crippen LogP contribution is -2.33. The van der Waals surface area contributed by atoms with Crippen molar-refractivity contribution in [1.29, 1.82) is 0 Å². The molecule has 0 fully saturated rings. The Balaban J connectivity index is 1.70. The lowest BCUT2D eigenvalue weighted by atomic mass is 10.1. The van der Waals surface area contributed by atoms with Gasteiger partial charge in [0, 0.05) is 11.9 Å². The fourth-order valence-corrected chi connectivity index (χ4v) is 2.20. The maximum absolute atomic E-state index is 12.0. The summed E-state index contributed by atoms with van der Waals surface area (Å²) in [6.07, 6.45) is 2.25. The molecule has 0 aliphatic carbocycles. The molecule has 1 N–H and O–H groups in total. The lowest BCUT2D eigenvalue weighted by Gasteiger charge is -2.11. The summed E-state index contributed by atoms with van der Waals surface area (Å²) in [7, 11) is 0. The van der Waals surface area contributed by atoms with E-state index in [4.69, 9.17) is 4.84 Å². The summed E-state index contributed by atoms with van der Waals surface area (Å²) in [4.78, 5) is 47.9. The average molecular weight is 299 g/mol. The van der Waals surface area contributed by atoms with E-state index in [1.165, 1.54) is 12.1 Å². The molecule has 0 saturated heterocycles. The van der Waals surface area contributed by atoms with E-state index >= 15 is 0 Å². The van der Waals surface area contributed by atoms with E-state index in [0.717, 1.165) is 12.1 Å². The molecule has 2 amide bonds. The summed E-state index contributed by atoms with van der Waals surface area (Å²) < 4.78 is 0. The summed E-state index contributed by atoms with van der Waals surface area (Å²) in [5.41, 5.74) is 1.35. The number of amides is 2. The van der Waals surface area contributed by atoms with Gasteiger partial charge in [-0.1, -0.05) is 24.1 Å². The third kappa shape index (κ3) is 2.37. The van der Waals surface area contributed by atoms with Gasteiger partial charge in [0.05, 0.1) is 11.1 Å². The van der Waals surface area contributed by atoms with Gasteiger partial charge in [-0.3, -0.25) is 9.59 Å². The summed E-state index contributed by atoms with van der Waals surface area (Å²) >= 11 is 0. The van der Waals surface area contributed by atoms with Crippen LogP contribution in [0.5, 0.6) is 0 Å². The number of hydroxylamine groups is 2. The summed E-state index contributed by atoms with van der Waals surface area (Å²) in [5.74, 6) is -1.57. The Labute approximate surface area is 125 Å². The highest BCUT2D eigenvalue weighted by Gasteiger charge is 2.38. The largest absolute Gasteiger partial charge is 0.345 e. The summed E-state index contributed by atoms with van der Waals surface area (Å²) in [6, 6.07) is 6.32. The van der Waals surface area contributed by atoms with E-state index < -0.39 is 17.8 Å². The van der Waals surface area contributed by atoms with Gasteiger partial charge in [-0.15, -0.1) is 0 Å². The molecule has 2 aromatic rings. The molecule has 1 aromatic carbocycles. The molecule has 3 rings (SSSR count). The van der Waals surface area contributed by atoms with Crippen LogP contribution in [0.3, 0.4) is 0 Å². The topological polar surface area (TPSA) is 92.4 Å². The van der Waals surface area contributed by atoms with Gasteiger partial charge in [-0.25, -0.2) is 9.78 Å². The quantitative estimate of drug-likeness (QED) is 0.858. The molecule has 22 heavy (non-hydrogen) atoms. The van der Waals surface area contributed by atoms with E-state index in [0.29, 0.717) is 10.9 Å². The molecule has 0 bridgehead atoms. The van der Waals surface area contributed by atoms with Crippen LogP contribution in [0.15, 0.2) is 30.5 Å². The monoisotopic (exact) mass is 299 g/mol. The number of aromatic amines is 1. The van der Waals surface area contributed by atoms with Crippen molar-refractivity contribution < 1.29 is 19.2 Å². The van der Waals surface area contributed by atoms with E-state index in [9.17, 15) is 14.4 Å². The van der Waals surface area contributed by atoms with E-state index in [1.54, 1.807) is 18.3 Å². The SMILES string of the molecule is CCc1cnc(CC(=O)ON2C(=O)c3ccccc3C2=O)[nH]1. The Bertz CT molecular complexity index is 731. The molecule has 7 nitrogen and oxygen atoms in total. The zero-order valence-corrected chi connectivity index (χ0v) is 11.8. The fraction of sp³-hybridized carbons (Fsp3) is 0.200. The minimum atomic E-state index is -0.730. The number of hydrogen-bond donors (Lipinski definition) is 1. The Morgan fingerprint density at radius 3 is 2.41 bits per heavy atom. The van der Waals surface area contributed by atoms with E-state index in [1.807, 2.05) is 6.92 Å².